The molecule has 0 saturated heterocycles. The van der Waals surface area contributed by atoms with Crippen LogP contribution in [0.15, 0.2) is 72.8 Å². The van der Waals surface area contributed by atoms with Gasteiger partial charge in [-0.1, -0.05) is 42.0 Å². The Hall–Kier alpha value is -2.62. The molecule has 0 spiro atoms. The van der Waals surface area contributed by atoms with Gasteiger partial charge in [0.2, 0.25) is 0 Å². The number of nitrogens with zero attached hydrogens (tertiary/aromatic N) is 1. The molecule has 1 N–H and O–H groups in total. The van der Waals surface area contributed by atoms with Gasteiger partial charge in [-0.15, -0.1) is 11.3 Å². The molecule has 4 heteroatoms. The highest BCUT2D eigenvalue weighted by Gasteiger charge is 2.38. The lowest BCUT2D eigenvalue weighted by atomic mass is 9.76. The summed E-state index contributed by atoms with van der Waals surface area (Å²) in [5, 5.41) is 5.70. The van der Waals surface area contributed by atoms with Crippen molar-refractivity contribution in [2.45, 2.75) is 25.3 Å². The van der Waals surface area contributed by atoms with Gasteiger partial charge in [-0.3, -0.25) is 0 Å². The molecule has 0 saturated carbocycles. The Morgan fingerprint density at radius 2 is 1.90 bits per heavy atom. The van der Waals surface area contributed by atoms with Crippen LogP contribution >= 0.6 is 22.9 Å². The van der Waals surface area contributed by atoms with Crippen molar-refractivity contribution in [2.75, 3.05) is 5.32 Å². The maximum absolute atomic E-state index is 6.12. The molecule has 148 valence electrons. The molecule has 6 rings (SSSR count). The van der Waals surface area contributed by atoms with Crippen LogP contribution in [-0.2, 0) is 0 Å². The number of nitrogens with one attached hydrogen (secondary N) is 1. The van der Waals surface area contributed by atoms with Crippen LogP contribution in [0.4, 0.5) is 5.69 Å². The summed E-state index contributed by atoms with van der Waals surface area (Å²) < 4.78 is 1.25. The Bertz CT molecular complexity index is 1290. The Labute approximate surface area is 185 Å². The molecule has 0 unspecified atom stereocenters. The van der Waals surface area contributed by atoms with Crippen LogP contribution in [0.1, 0.15) is 35.1 Å². The molecule has 4 aromatic rings. The first kappa shape index (κ1) is 18.2. The first-order valence-corrected chi connectivity index (χ1v) is 11.6. The van der Waals surface area contributed by atoms with Crippen molar-refractivity contribution in [3.63, 3.8) is 0 Å². The zero-order valence-corrected chi connectivity index (χ0v) is 18.2. The van der Waals surface area contributed by atoms with Crippen molar-refractivity contribution in [3.05, 3.63) is 94.5 Å². The van der Waals surface area contributed by atoms with Crippen LogP contribution in [0.5, 0.6) is 0 Å². The maximum Gasteiger partial charge on any atom is 0.124 e. The van der Waals surface area contributed by atoms with Crippen molar-refractivity contribution in [2.24, 2.45) is 5.92 Å². The second-order valence-corrected chi connectivity index (χ2v) is 9.79. The number of aryl methyl sites for hydroxylation is 1. The number of rotatable bonds is 2. The summed E-state index contributed by atoms with van der Waals surface area (Å²) >= 11 is 7.90. The Morgan fingerprint density at radius 3 is 2.77 bits per heavy atom. The van der Waals surface area contributed by atoms with E-state index in [0.29, 0.717) is 17.9 Å². The number of aromatic nitrogens is 1. The summed E-state index contributed by atoms with van der Waals surface area (Å²) in [6.45, 7) is 2.13. The summed E-state index contributed by atoms with van der Waals surface area (Å²) in [6.07, 6.45) is 5.82. The largest absolute Gasteiger partial charge is 0.378 e. The van der Waals surface area contributed by atoms with Crippen molar-refractivity contribution >= 4 is 38.8 Å². The minimum Gasteiger partial charge on any atom is -0.378 e. The third-order valence-corrected chi connectivity index (χ3v) is 7.70. The second kappa shape index (κ2) is 6.97. The molecule has 30 heavy (non-hydrogen) atoms. The van der Waals surface area contributed by atoms with E-state index in [0.717, 1.165) is 22.0 Å². The van der Waals surface area contributed by atoms with E-state index in [1.54, 1.807) is 11.3 Å². The van der Waals surface area contributed by atoms with E-state index in [4.69, 9.17) is 16.6 Å². The number of halogens is 1. The summed E-state index contributed by atoms with van der Waals surface area (Å²) in [7, 11) is 0. The van der Waals surface area contributed by atoms with Crippen LogP contribution in [0, 0.1) is 12.8 Å². The van der Waals surface area contributed by atoms with Gasteiger partial charge in [0, 0.05) is 22.2 Å². The molecular formula is C26H21ClN2S. The molecule has 0 fully saturated rings. The van der Waals surface area contributed by atoms with Gasteiger partial charge in [-0.05, 0) is 78.4 Å². The Morgan fingerprint density at radius 1 is 1.03 bits per heavy atom. The fraction of sp³-hybridized carbons (Fsp3) is 0.192. The first-order valence-electron chi connectivity index (χ1n) is 10.4. The summed E-state index contributed by atoms with van der Waals surface area (Å²) in [5.74, 6) is 0.949. The number of hydrogen-bond acceptors (Lipinski definition) is 3. The highest BCUT2D eigenvalue weighted by Crippen LogP contribution is 2.50. The summed E-state index contributed by atoms with van der Waals surface area (Å²) in [4.78, 5) is 4.90. The smallest absolute Gasteiger partial charge is 0.124 e. The SMILES string of the molecule is Cc1ccc2nc(-c3ccc4c(c3)[C@@H]3C=CC[C@@H]3[C@H](c3ccc(Cl)cc3)N4)sc2c1. The Kier molecular flexibility index (Phi) is 4.22. The molecular weight excluding hydrogens is 408 g/mol. The fourth-order valence-electron chi connectivity index (χ4n) is 4.88. The van der Waals surface area contributed by atoms with Gasteiger partial charge in [0.25, 0.3) is 0 Å². The van der Waals surface area contributed by atoms with E-state index in [1.807, 2.05) is 12.1 Å². The van der Waals surface area contributed by atoms with Gasteiger partial charge in [0.1, 0.15) is 5.01 Å². The average Bonchev–Trinajstić information content (AvgIpc) is 3.40. The van der Waals surface area contributed by atoms with Gasteiger partial charge in [-0.25, -0.2) is 4.98 Å². The zero-order chi connectivity index (χ0) is 20.2. The van der Waals surface area contributed by atoms with Gasteiger partial charge < -0.3 is 5.32 Å². The third-order valence-electron chi connectivity index (χ3n) is 6.38. The quantitative estimate of drug-likeness (QED) is 0.330. The molecule has 2 aliphatic rings. The van der Waals surface area contributed by atoms with E-state index in [9.17, 15) is 0 Å². The summed E-state index contributed by atoms with van der Waals surface area (Å²) in [5.41, 5.74) is 7.47. The van der Waals surface area contributed by atoms with E-state index >= 15 is 0 Å². The van der Waals surface area contributed by atoms with E-state index in [2.05, 4.69) is 72.9 Å². The van der Waals surface area contributed by atoms with Crippen LogP contribution in [0.25, 0.3) is 20.8 Å². The van der Waals surface area contributed by atoms with E-state index in [-0.39, 0.29) is 0 Å². The van der Waals surface area contributed by atoms with Crippen molar-refractivity contribution in [1.82, 2.24) is 4.98 Å². The molecule has 0 amide bonds. The molecule has 3 aromatic carbocycles. The monoisotopic (exact) mass is 428 g/mol. The first-order chi connectivity index (χ1) is 14.7. The minimum absolute atomic E-state index is 0.297. The average molecular weight is 429 g/mol. The van der Waals surface area contributed by atoms with Crippen molar-refractivity contribution < 1.29 is 0 Å². The van der Waals surface area contributed by atoms with E-state index in [1.165, 1.54) is 32.6 Å². The van der Waals surface area contributed by atoms with Gasteiger partial charge in [0.05, 0.1) is 16.3 Å². The molecule has 3 atom stereocenters. The predicted octanol–water partition coefficient (Wildman–Crippen LogP) is 7.75. The minimum atomic E-state index is 0.297. The standard InChI is InChI=1S/C26H21ClN2S/c1-15-5-11-23-24(13-15)30-26(29-23)17-8-12-22-21(14-17)19-3-2-4-20(19)25(28-22)16-6-9-18(27)10-7-16/h2-3,5-14,19-20,25,28H,4H2,1H3/t19-,20+,25+/m1/s1. The van der Waals surface area contributed by atoms with Gasteiger partial charge in [0.15, 0.2) is 0 Å². The molecule has 1 aromatic heterocycles. The Balaban J connectivity index is 1.41. The third kappa shape index (κ3) is 2.96. The number of thiazole rings is 1. The summed E-state index contributed by atoms with van der Waals surface area (Å²) in [6, 6.07) is 21.8. The van der Waals surface area contributed by atoms with Gasteiger partial charge >= 0.3 is 0 Å². The van der Waals surface area contributed by atoms with Crippen LogP contribution < -0.4 is 5.32 Å². The molecule has 2 heterocycles. The lowest BCUT2D eigenvalue weighted by molar-refractivity contribution is 0.425. The number of fused-ring (bicyclic) bond motifs is 4. The normalized spacial score (nSPS) is 22.0. The molecule has 0 radical (unpaired) electrons. The lowest BCUT2D eigenvalue weighted by Gasteiger charge is -2.37. The predicted molar refractivity (Wildman–Crippen MR) is 128 cm³/mol. The fourth-order valence-corrected chi connectivity index (χ4v) is 6.07. The maximum atomic E-state index is 6.12. The van der Waals surface area contributed by atoms with Crippen molar-refractivity contribution in [1.29, 1.82) is 0 Å². The number of allylic oxidation sites excluding steroid dienone is 2. The zero-order valence-electron chi connectivity index (χ0n) is 16.6. The molecule has 0 bridgehead atoms. The molecule has 1 aliphatic heterocycles. The second-order valence-electron chi connectivity index (χ2n) is 8.32. The van der Waals surface area contributed by atoms with E-state index < -0.39 is 0 Å². The highest BCUT2D eigenvalue weighted by atomic mass is 35.5. The lowest BCUT2D eigenvalue weighted by Crippen LogP contribution is -2.29. The number of hydrogen-bond donors (Lipinski definition) is 1. The van der Waals surface area contributed by atoms with Crippen LogP contribution in [0.3, 0.4) is 0 Å². The van der Waals surface area contributed by atoms with Gasteiger partial charge in [-0.2, -0.15) is 0 Å². The van der Waals surface area contributed by atoms with Crippen LogP contribution in [0.2, 0.25) is 5.02 Å². The van der Waals surface area contributed by atoms with Crippen molar-refractivity contribution in [3.8, 4) is 10.6 Å². The topological polar surface area (TPSA) is 24.9 Å². The number of benzene rings is 3. The molecule has 1 aliphatic carbocycles. The highest BCUT2D eigenvalue weighted by molar-refractivity contribution is 7.21. The van der Waals surface area contributed by atoms with Crippen LogP contribution in [-0.4, -0.2) is 4.98 Å². The number of anilines is 1. The molecule has 2 nitrogen and oxygen atoms in total.